The van der Waals surface area contributed by atoms with Crippen molar-refractivity contribution in [2.45, 2.75) is 32.3 Å². The molecule has 2 fully saturated rings. The molecule has 7 nitrogen and oxygen atoms in total. The van der Waals surface area contributed by atoms with Gasteiger partial charge in [0.2, 0.25) is 0 Å². The van der Waals surface area contributed by atoms with Gasteiger partial charge in [0, 0.05) is 39.3 Å². The Balaban J connectivity index is 1.72. The molecule has 1 saturated carbocycles. The van der Waals surface area contributed by atoms with Crippen LogP contribution in [0.25, 0.3) is 0 Å². The van der Waals surface area contributed by atoms with Gasteiger partial charge in [0.15, 0.2) is 0 Å². The molecule has 2 amide bonds. The highest BCUT2D eigenvalue weighted by molar-refractivity contribution is 5.80. The van der Waals surface area contributed by atoms with Crippen molar-refractivity contribution in [1.82, 2.24) is 15.1 Å². The van der Waals surface area contributed by atoms with E-state index in [4.69, 9.17) is 5.11 Å². The Morgan fingerprint density at radius 3 is 2.19 bits per heavy atom. The molecule has 0 unspecified atom stereocenters. The summed E-state index contributed by atoms with van der Waals surface area (Å²) in [4.78, 5) is 26.9. The minimum absolute atomic E-state index is 0.189. The van der Waals surface area contributed by atoms with Gasteiger partial charge in [-0.25, -0.2) is 4.79 Å². The number of hydrogen-bond acceptors (Lipinski definition) is 4. The van der Waals surface area contributed by atoms with E-state index >= 15 is 0 Å². The van der Waals surface area contributed by atoms with E-state index in [-0.39, 0.29) is 12.6 Å². The molecule has 120 valence electrons. The maximum atomic E-state index is 12.0. The minimum Gasteiger partial charge on any atom is -0.481 e. The highest BCUT2D eigenvalue weighted by Crippen LogP contribution is 2.45. The van der Waals surface area contributed by atoms with Gasteiger partial charge in [0.05, 0.1) is 11.0 Å². The summed E-state index contributed by atoms with van der Waals surface area (Å²) in [6.07, 6.45) is 1.28. The first-order valence-electron chi connectivity index (χ1n) is 7.43. The van der Waals surface area contributed by atoms with Gasteiger partial charge in [-0.05, 0) is 26.7 Å². The van der Waals surface area contributed by atoms with Gasteiger partial charge in [0.25, 0.3) is 0 Å². The number of carboxylic acid groups (broad SMARTS) is 1. The number of β-amino-alcohol motifs (C(OH)–C–C–N with tert-alkyl or cyclic N) is 1. The van der Waals surface area contributed by atoms with E-state index in [1.165, 1.54) is 0 Å². The summed E-state index contributed by atoms with van der Waals surface area (Å²) in [6.45, 7) is 6.99. The molecule has 0 radical (unpaired) electrons. The first-order valence-corrected chi connectivity index (χ1v) is 7.43. The molecule has 0 spiro atoms. The van der Waals surface area contributed by atoms with Crippen LogP contribution in [0.15, 0.2) is 0 Å². The maximum Gasteiger partial charge on any atom is 0.317 e. The second-order valence-corrected chi connectivity index (χ2v) is 6.82. The van der Waals surface area contributed by atoms with Crippen LogP contribution >= 0.6 is 0 Å². The number of amides is 2. The first kappa shape index (κ1) is 16.0. The van der Waals surface area contributed by atoms with E-state index < -0.39 is 17.0 Å². The first-order chi connectivity index (χ1) is 9.72. The predicted molar refractivity (Wildman–Crippen MR) is 77.0 cm³/mol. The lowest BCUT2D eigenvalue weighted by Crippen LogP contribution is -2.54. The van der Waals surface area contributed by atoms with E-state index in [0.29, 0.717) is 32.5 Å². The van der Waals surface area contributed by atoms with Gasteiger partial charge >= 0.3 is 12.0 Å². The summed E-state index contributed by atoms with van der Waals surface area (Å²) in [7, 11) is 0. The second kappa shape index (κ2) is 5.81. The summed E-state index contributed by atoms with van der Waals surface area (Å²) >= 11 is 0. The number of carbonyl (C=O) groups excluding carboxylic acids is 1. The Labute approximate surface area is 124 Å². The number of carboxylic acids is 1. The number of aliphatic carboxylic acids is 1. The van der Waals surface area contributed by atoms with Crippen LogP contribution in [0.2, 0.25) is 0 Å². The standard InChI is InChI=1S/C14H25N3O4/c1-13(2,21)10-16-5-7-17(8-6-16)12(20)15-9-14(3-4-14)11(18)19/h21H,3-10H2,1-2H3,(H,15,20)(H,18,19). The molecular formula is C14H25N3O4. The Bertz CT molecular complexity index is 407. The highest BCUT2D eigenvalue weighted by Gasteiger charge is 2.50. The number of aliphatic hydroxyl groups is 1. The molecule has 0 aromatic rings. The number of piperazine rings is 1. The number of carbonyl (C=O) groups is 2. The van der Waals surface area contributed by atoms with Crippen molar-refractivity contribution < 1.29 is 19.8 Å². The average Bonchev–Trinajstić information content (AvgIpc) is 3.16. The van der Waals surface area contributed by atoms with Crippen LogP contribution in [-0.2, 0) is 4.79 Å². The van der Waals surface area contributed by atoms with E-state index in [0.717, 1.165) is 13.1 Å². The van der Waals surface area contributed by atoms with E-state index in [9.17, 15) is 14.7 Å². The SMILES string of the molecule is CC(C)(O)CN1CCN(C(=O)NCC2(C(=O)O)CC2)CC1. The molecule has 1 saturated heterocycles. The van der Waals surface area contributed by atoms with Gasteiger partial charge in [0.1, 0.15) is 0 Å². The van der Waals surface area contributed by atoms with Crippen molar-refractivity contribution in [2.75, 3.05) is 39.3 Å². The molecule has 2 aliphatic rings. The van der Waals surface area contributed by atoms with Gasteiger partial charge in [-0.2, -0.15) is 0 Å². The molecule has 1 aliphatic carbocycles. The Kier molecular flexibility index (Phi) is 4.43. The van der Waals surface area contributed by atoms with E-state index in [2.05, 4.69) is 10.2 Å². The van der Waals surface area contributed by atoms with Crippen molar-refractivity contribution >= 4 is 12.0 Å². The number of hydrogen-bond donors (Lipinski definition) is 3. The molecule has 21 heavy (non-hydrogen) atoms. The van der Waals surface area contributed by atoms with E-state index in [1.54, 1.807) is 18.7 Å². The maximum absolute atomic E-state index is 12.0. The second-order valence-electron chi connectivity index (χ2n) is 6.82. The molecule has 0 bridgehead atoms. The van der Waals surface area contributed by atoms with Crippen LogP contribution in [0.3, 0.4) is 0 Å². The lowest BCUT2D eigenvalue weighted by molar-refractivity contribution is -0.143. The number of nitrogens with zero attached hydrogens (tertiary/aromatic N) is 2. The molecule has 1 aliphatic heterocycles. The predicted octanol–water partition coefficient (Wildman–Crippen LogP) is -0.0507. The molecule has 0 aromatic heterocycles. The van der Waals surface area contributed by atoms with Crippen molar-refractivity contribution in [2.24, 2.45) is 5.41 Å². The van der Waals surface area contributed by atoms with Crippen molar-refractivity contribution in [3.63, 3.8) is 0 Å². The van der Waals surface area contributed by atoms with Crippen molar-refractivity contribution in [1.29, 1.82) is 0 Å². The van der Waals surface area contributed by atoms with Crippen molar-refractivity contribution in [3.8, 4) is 0 Å². The summed E-state index contributed by atoms with van der Waals surface area (Å²) in [6, 6.07) is -0.189. The van der Waals surface area contributed by atoms with Crippen molar-refractivity contribution in [3.05, 3.63) is 0 Å². The van der Waals surface area contributed by atoms with Crippen LogP contribution in [0, 0.1) is 5.41 Å². The lowest BCUT2D eigenvalue weighted by atomic mass is 10.1. The zero-order valence-electron chi connectivity index (χ0n) is 12.8. The third kappa shape index (κ3) is 4.31. The zero-order chi connectivity index (χ0) is 15.7. The molecule has 1 heterocycles. The summed E-state index contributed by atoms with van der Waals surface area (Å²) < 4.78 is 0. The minimum atomic E-state index is -0.821. The van der Waals surface area contributed by atoms with Crippen LogP contribution in [0.5, 0.6) is 0 Å². The van der Waals surface area contributed by atoms with Crippen LogP contribution in [0.1, 0.15) is 26.7 Å². The zero-order valence-corrected chi connectivity index (χ0v) is 12.8. The third-order valence-corrected chi connectivity index (χ3v) is 4.16. The van der Waals surface area contributed by atoms with Gasteiger partial charge in [-0.15, -0.1) is 0 Å². The van der Waals surface area contributed by atoms with Crippen LogP contribution in [0.4, 0.5) is 4.79 Å². The fourth-order valence-electron chi connectivity index (χ4n) is 2.63. The summed E-state index contributed by atoms with van der Waals surface area (Å²) in [5, 5.41) is 21.6. The average molecular weight is 299 g/mol. The quantitative estimate of drug-likeness (QED) is 0.662. The smallest absolute Gasteiger partial charge is 0.317 e. The van der Waals surface area contributed by atoms with Gasteiger partial charge in [-0.1, -0.05) is 0 Å². The molecule has 0 aromatic carbocycles. The summed E-state index contributed by atoms with van der Waals surface area (Å²) in [5.74, 6) is -0.821. The molecule has 7 heteroatoms. The molecule has 2 rings (SSSR count). The fourth-order valence-corrected chi connectivity index (χ4v) is 2.63. The number of nitrogens with one attached hydrogen (secondary N) is 1. The third-order valence-electron chi connectivity index (χ3n) is 4.16. The molecule has 0 atom stereocenters. The number of urea groups is 1. The summed E-state index contributed by atoms with van der Waals surface area (Å²) in [5.41, 5.74) is -1.46. The lowest BCUT2D eigenvalue weighted by Gasteiger charge is -2.37. The highest BCUT2D eigenvalue weighted by atomic mass is 16.4. The Morgan fingerprint density at radius 2 is 1.76 bits per heavy atom. The van der Waals surface area contributed by atoms with Crippen LogP contribution < -0.4 is 5.32 Å². The number of rotatable bonds is 5. The molecule has 3 N–H and O–H groups in total. The van der Waals surface area contributed by atoms with Crippen LogP contribution in [-0.4, -0.2) is 76.9 Å². The normalized spacial score (nSPS) is 22.0. The topological polar surface area (TPSA) is 93.1 Å². The fraction of sp³-hybridized carbons (Fsp3) is 0.857. The van der Waals surface area contributed by atoms with Gasteiger partial charge < -0.3 is 20.4 Å². The molecular weight excluding hydrogens is 274 g/mol. The monoisotopic (exact) mass is 299 g/mol. The van der Waals surface area contributed by atoms with E-state index in [1.807, 2.05) is 0 Å². The van der Waals surface area contributed by atoms with Gasteiger partial charge in [-0.3, -0.25) is 9.69 Å². The Morgan fingerprint density at radius 1 is 1.19 bits per heavy atom. The largest absolute Gasteiger partial charge is 0.481 e. The Hall–Kier alpha value is -1.34.